The van der Waals surface area contributed by atoms with Gasteiger partial charge >= 0.3 is 0 Å². The molecule has 0 aliphatic heterocycles. The van der Waals surface area contributed by atoms with Crippen LogP contribution in [-0.2, 0) is 6.42 Å². The van der Waals surface area contributed by atoms with Crippen molar-refractivity contribution >= 4 is 11.3 Å². The summed E-state index contributed by atoms with van der Waals surface area (Å²) in [4.78, 5) is 3.19. The number of rotatable bonds is 8. The fourth-order valence-corrected chi connectivity index (χ4v) is 3.27. The van der Waals surface area contributed by atoms with Crippen molar-refractivity contribution in [2.45, 2.75) is 19.4 Å². The van der Waals surface area contributed by atoms with Crippen molar-refractivity contribution in [2.75, 3.05) is 27.8 Å². The van der Waals surface area contributed by atoms with Gasteiger partial charge in [-0.25, -0.2) is 0 Å². The van der Waals surface area contributed by atoms with Crippen molar-refractivity contribution in [3.05, 3.63) is 47.2 Å². The first kappa shape index (κ1) is 18.4. The molecule has 3 rings (SSSR count). The summed E-state index contributed by atoms with van der Waals surface area (Å²) in [6.07, 6.45) is 0.882. The van der Waals surface area contributed by atoms with E-state index >= 15 is 0 Å². The monoisotopic (exact) mass is 373 g/mol. The molecule has 0 saturated carbocycles. The van der Waals surface area contributed by atoms with E-state index in [9.17, 15) is 0 Å². The van der Waals surface area contributed by atoms with E-state index in [2.05, 4.69) is 35.1 Å². The van der Waals surface area contributed by atoms with Crippen LogP contribution in [0.1, 0.15) is 24.4 Å². The van der Waals surface area contributed by atoms with Gasteiger partial charge in [0.1, 0.15) is 0 Å². The first-order valence-electron chi connectivity index (χ1n) is 8.40. The van der Waals surface area contributed by atoms with E-state index in [0.717, 1.165) is 29.3 Å². The number of nitrogens with zero attached hydrogens (tertiary/aromatic N) is 3. The molecule has 0 unspecified atom stereocenters. The van der Waals surface area contributed by atoms with Crippen LogP contribution in [0, 0.1) is 0 Å². The average Bonchev–Trinajstić information content (AvgIpc) is 3.36. The minimum Gasteiger partial charge on any atom is -0.493 e. The molecule has 0 aliphatic rings. The molecule has 7 heteroatoms. The fraction of sp³-hybridized carbons (Fsp3) is 0.368. The van der Waals surface area contributed by atoms with Gasteiger partial charge < -0.3 is 13.9 Å². The molecule has 138 valence electrons. The van der Waals surface area contributed by atoms with Gasteiger partial charge in [0.05, 0.1) is 25.1 Å². The fourth-order valence-electron chi connectivity index (χ4n) is 2.63. The molecular formula is C19H23N3O3S. The Labute approximate surface area is 157 Å². The van der Waals surface area contributed by atoms with Crippen LogP contribution in [0.4, 0.5) is 0 Å². The molecule has 3 aromatic rings. The Morgan fingerprint density at radius 2 is 1.96 bits per heavy atom. The summed E-state index contributed by atoms with van der Waals surface area (Å²) in [6, 6.07) is 10.00. The predicted molar refractivity (Wildman–Crippen MR) is 102 cm³/mol. The van der Waals surface area contributed by atoms with Crippen molar-refractivity contribution in [3.8, 4) is 22.3 Å². The largest absolute Gasteiger partial charge is 0.493 e. The highest BCUT2D eigenvalue weighted by Crippen LogP contribution is 2.29. The molecule has 0 radical (unpaired) electrons. The first-order valence-corrected chi connectivity index (χ1v) is 9.28. The molecule has 26 heavy (non-hydrogen) atoms. The summed E-state index contributed by atoms with van der Waals surface area (Å²) in [7, 11) is 5.35. The number of hydrogen-bond donors (Lipinski definition) is 0. The number of aromatic nitrogens is 2. The Hall–Kier alpha value is -2.38. The van der Waals surface area contributed by atoms with E-state index in [1.165, 1.54) is 5.56 Å². The van der Waals surface area contributed by atoms with Gasteiger partial charge in [0.2, 0.25) is 5.89 Å². The van der Waals surface area contributed by atoms with Gasteiger partial charge in [-0.2, -0.15) is 0 Å². The van der Waals surface area contributed by atoms with Crippen LogP contribution in [-0.4, -0.2) is 42.9 Å². The summed E-state index contributed by atoms with van der Waals surface area (Å²) in [5.74, 6) is 2.70. The summed E-state index contributed by atoms with van der Waals surface area (Å²) in [5, 5.41) is 10.4. The van der Waals surface area contributed by atoms with Crippen molar-refractivity contribution in [3.63, 3.8) is 0 Å². The number of ether oxygens (including phenoxy) is 2. The highest BCUT2D eigenvalue weighted by Gasteiger charge is 2.19. The molecule has 1 atom stereocenters. The van der Waals surface area contributed by atoms with Gasteiger partial charge in [-0.05, 0) is 49.5 Å². The van der Waals surface area contributed by atoms with Gasteiger partial charge in [-0.15, -0.1) is 21.5 Å². The van der Waals surface area contributed by atoms with Crippen molar-refractivity contribution in [1.29, 1.82) is 0 Å². The number of benzene rings is 1. The zero-order valence-electron chi connectivity index (χ0n) is 15.4. The smallest absolute Gasteiger partial charge is 0.257 e. The van der Waals surface area contributed by atoms with Gasteiger partial charge in [-0.1, -0.05) is 12.1 Å². The maximum absolute atomic E-state index is 5.84. The molecule has 0 bridgehead atoms. The SMILES string of the molecule is COc1ccc(CCN(C)[C@H](C)c2nnc(-c3cccs3)o2)cc1OC. The zero-order chi connectivity index (χ0) is 18.5. The average molecular weight is 373 g/mol. The molecule has 0 aliphatic carbocycles. The summed E-state index contributed by atoms with van der Waals surface area (Å²) in [6.45, 7) is 2.92. The molecule has 2 heterocycles. The third-order valence-corrected chi connectivity index (χ3v) is 5.25. The molecular weight excluding hydrogens is 350 g/mol. The van der Waals surface area contributed by atoms with Gasteiger partial charge in [-0.3, -0.25) is 4.90 Å². The lowest BCUT2D eigenvalue weighted by atomic mass is 10.1. The molecule has 6 nitrogen and oxygen atoms in total. The van der Waals surface area contributed by atoms with Crippen LogP contribution in [0.2, 0.25) is 0 Å². The normalized spacial score (nSPS) is 12.3. The Morgan fingerprint density at radius 3 is 2.65 bits per heavy atom. The third-order valence-electron chi connectivity index (χ3n) is 4.39. The zero-order valence-corrected chi connectivity index (χ0v) is 16.2. The van der Waals surface area contributed by atoms with Crippen molar-refractivity contribution < 1.29 is 13.9 Å². The molecule has 0 N–H and O–H groups in total. The molecule has 0 spiro atoms. The van der Waals surface area contributed by atoms with Crippen LogP contribution in [0.3, 0.4) is 0 Å². The quantitative estimate of drug-likeness (QED) is 0.594. The van der Waals surface area contributed by atoms with Crippen molar-refractivity contribution in [2.24, 2.45) is 0 Å². The van der Waals surface area contributed by atoms with Crippen LogP contribution in [0.15, 0.2) is 40.1 Å². The Morgan fingerprint density at radius 1 is 1.15 bits per heavy atom. The highest BCUT2D eigenvalue weighted by molar-refractivity contribution is 7.13. The molecule has 0 amide bonds. The highest BCUT2D eigenvalue weighted by atomic mass is 32.1. The van der Waals surface area contributed by atoms with Gasteiger partial charge in [0.15, 0.2) is 11.5 Å². The summed E-state index contributed by atoms with van der Waals surface area (Å²) in [5.41, 5.74) is 1.19. The minimum atomic E-state index is 0.0383. The van der Waals surface area contributed by atoms with Crippen molar-refractivity contribution in [1.82, 2.24) is 15.1 Å². The second-order valence-electron chi connectivity index (χ2n) is 6.02. The topological polar surface area (TPSA) is 60.6 Å². The van der Waals surface area contributed by atoms with Crippen LogP contribution < -0.4 is 9.47 Å². The lowest BCUT2D eigenvalue weighted by molar-refractivity contribution is 0.228. The van der Waals surface area contributed by atoms with E-state index in [-0.39, 0.29) is 6.04 Å². The Kier molecular flexibility index (Phi) is 5.90. The van der Waals surface area contributed by atoms with Crippen LogP contribution in [0.5, 0.6) is 11.5 Å². The van der Waals surface area contributed by atoms with Crippen LogP contribution in [0.25, 0.3) is 10.8 Å². The minimum absolute atomic E-state index is 0.0383. The lowest BCUT2D eigenvalue weighted by Crippen LogP contribution is -2.25. The maximum Gasteiger partial charge on any atom is 0.257 e. The molecule has 0 fully saturated rings. The predicted octanol–water partition coefficient (Wildman–Crippen LogP) is 4.05. The molecule has 0 saturated heterocycles. The number of hydrogen-bond acceptors (Lipinski definition) is 7. The summed E-state index contributed by atoms with van der Waals surface area (Å²) < 4.78 is 16.5. The lowest BCUT2D eigenvalue weighted by Gasteiger charge is -2.21. The maximum atomic E-state index is 5.84. The molecule has 2 aromatic heterocycles. The molecule has 1 aromatic carbocycles. The first-order chi connectivity index (χ1) is 12.6. The van der Waals surface area contributed by atoms with E-state index in [0.29, 0.717) is 11.8 Å². The third kappa shape index (κ3) is 4.05. The standard InChI is InChI=1S/C19H23N3O3S/c1-13(18-20-21-19(25-18)17-6-5-11-26-17)22(2)10-9-14-7-8-15(23-3)16(12-14)24-4/h5-8,11-13H,9-10H2,1-4H3/t13-/m1/s1. The van der Waals surface area contributed by atoms with E-state index in [4.69, 9.17) is 13.9 Å². The Balaban J connectivity index is 1.62. The van der Waals surface area contributed by atoms with Crippen LogP contribution >= 0.6 is 11.3 Å². The Bertz CT molecular complexity index is 832. The number of methoxy groups -OCH3 is 2. The van der Waals surface area contributed by atoms with E-state index in [1.54, 1.807) is 25.6 Å². The second kappa shape index (κ2) is 8.33. The summed E-state index contributed by atoms with van der Waals surface area (Å²) >= 11 is 1.59. The number of thiophene rings is 1. The van der Waals surface area contributed by atoms with E-state index in [1.807, 2.05) is 29.6 Å². The van der Waals surface area contributed by atoms with Gasteiger partial charge in [0.25, 0.3) is 5.89 Å². The van der Waals surface area contributed by atoms with E-state index < -0.39 is 0 Å². The number of likely N-dealkylation sites (N-methyl/N-ethyl adjacent to an activating group) is 1. The van der Waals surface area contributed by atoms with Gasteiger partial charge in [0, 0.05) is 6.54 Å². The second-order valence-corrected chi connectivity index (χ2v) is 6.97.